The van der Waals surface area contributed by atoms with Crippen molar-refractivity contribution >= 4 is 87.0 Å². The number of aromatic nitrogens is 1. The van der Waals surface area contributed by atoms with Crippen LogP contribution in [0.2, 0.25) is 0 Å². The standard InChI is InChI=1S/C39H24N2OS/c1-2-8-23(9-3-1)24-14-17-29-25(22-24)15-21-35(40-29)41-30-19-20-34-36(28-11-5-7-13-33(28)43-34)37(30)38-31(41)18-16-27-26-10-4-6-12-32(26)42-39(27)38/h1-22,35,40H. The number of benzene rings is 6. The van der Waals surface area contributed by atoms with Crippen LogP contribution in [0.15, 0.2) is 132 Å². The number of hydrogen-bond donors (Lipinski definition) is 1. The van der Waals surface area contributed by atoms with Gasteiger partial charge in [-0.1, -0.05) is 78.9 Å². The van der Waals surface area contributed by atoms with E-state index in [1.807, 2.05) is 17.4 Å². The number of fused-ring (bicyclic) bond motifs is 12. The molecule has 0 amide bonds. The molecule has 0 aliphatic carbocycles. The third-order valence-electron chi connectivity index (χ3n) is 9.01. The first-order valence-electron chi connectivity index (χ1n) is 14.6. The summed E-state index contributed by atoms with van der Waals surface area (Å²) in [6.45, 7) is 0. The monoisotopic (exact) mass is 568 g/mol. The fourth-order valence-electron chi connectivity index (χ4n) is 7.10. The molecule has 4 heteroatoms. The molecule has 1 unspecified atom stereocenters. The smallest absolute Gasteiger partial charge is 0.145 e. The van der Waals surface area contributed by atoms with Crippen LogP contribution in [0.25, 0.3) is 81.1 Å². The maximum absolute atomic E-state index is 6.68. The Labute approximate surface area is 250 Å². The van der Waals surface area contributed by atoms with E-state index in [9.17, 15) is 0 Å². The van der Waals surface area contributed by atoms with Crippen molar-refractivity contribution in [3.05, 3.63) is 133 Å². The Kier molecular flexibility index (Phi) is 4.65. The average Bonchev–Trinajstić information content (AvgIpc) is 3.73. The molecule has 0 radical (unpaired) electrons. The molecule has 1 aliphatic rings. The number of thiophene rings is 1. The van der Waals surface area contributed by atoms with Crippen LogP contribution in [0.4, 0.5) is 5.69 Å². The van der Waals surface area contributed by atoms with Gasteiger partial charge in [-0.25, -0.2) is 0 Å². The molecule has 3 aromatic heterocycles. The first-order chi connectivity index (χ1) is 21.3. The Morgan fingerprint density at radius 3 is 2.33 bits per heavy atom. The maximum Gasteiger partial charge on any atom is 0.145 e. The summed E-state index contributed by atoms with van der Waals surface area (Å²) in [5, 5.41) is 11.2. The lowest BCUT2D eigenvalue weighted by atomic mass is 10.00. The van der Waals surface area contributed by atoms with Gasteiger partial charge in [0.25, 0.3) is 0 Å². The minimum absolute atomic E-state index is 0.0562. The van der Waals surface area contributed by atoms with E-state index in [-0.39, 0.29) is 6.17 Å². The molecule has 1 N–H and O–H groups in total. The normalized spacial score (nSPS) is 14.8. The number of para-hydroxylation sites is 1. The second-order valence-electron chi connectivity index (χ2n) is 11.4. The van der Waals surface area contributed by atoms with Crippen LogP contribution in [0.5, 0.6) is 0 Å². The summed E-state index contributed by atoms with van der Waals surface area (Å²) in [6, 6.07) is 43.5. The van der Waals surface area contributed by atoms with E-state index in [0.717, 1.165) is 33.1 Å². The Morgan fingerprint density at radius 1 is 0.605 bits per heavy atom. The molecule has 43 heavy (non-hydrogen) atoms. The van der Waals surface area contributed by atoms with Crippen LogP contribution in [0.1, 0.15) is 11.7 Å². The van der Waals surface area contributed by atoms with E-state index < -0.39 is 0 Å². The first kappa shape index (κ1) is 23.3. The number of nitrogens with zero attached hydrogens (tertiary/aromatic N) is 1. The SMILES string of the molecule is C1=CC(n2c3ccc4c5ccccc5oc4c3c3c4c(ccc32)sc2ccccc24)Nc2ccc(-c3ccccc3)cc21. The highest BCUT2D eigenvalue weighted by Gasteiger charge is 2.25. The largest absolute Gasteiger partial charge is 0.455 e. The Morgan fingerprint density at radius 2 is 1.40 bits per heavy atom. The average molecular weight is 569 g/mol. The molecule has 1 aliphatic heterocycles. The number of hydrogen-bond acceptors (Lipinski definition) is 3. The highest BCUT2D eigenvalue weighted by Crippen LogP contribution is 2.47. The second kappa shape index (κ2) is 8.60. The third-order valence-corrected chi connectivity index (χ3v) is 10.1. The lowest BCUT2D eigenvalue weighted by Crippen LogP contribution is -2.18. The summed E-state index contributed by atoms with van der Waals surface area (Å²) in [5.41, 5.74) is 9.02. The second-order valence-corrected chi connectivity index (χ2v) is 12.4. The molecular weight excluding hydrogens is 545 g/mol. The lowest BCUT2D eigenvalue weighted by Gasteiger charge is -2.26. The summed E-state index contributed by atoms with van der Waals surface area (Å²) < 4.78 is 11.7. The molecule has 10 rings (SSSR count). The van der Waals surface area contributed by atoms with Gasteiger partial charge < -0.3 is 14.3 Å². The molecule has 0 spiro atoms. The van der Waals surface area contributed by atoms with Gasteiger partial charge in [0.15, 0.2) is 0 Å². The fraction of sp³-hybridized carbons (Fsp3) is 0.0256. The Balaban J connectivity index is 1.26. The van der Waals surface area contributed by atoms with Crippen LogP contribution in [-0.2, 0) is 0 Å². The highest BCUT2D eigenvalue weighted by atomic mass is 32.1. The van der Waals surface area contributed by atoms with Crippen molar-refractivity contribution in [1.82, 2.24) is 4.57 Å². The topological polar surface area (TPSA) is 30.1 Å². The Hall–Kier alpha value is -5.32. The quantitative estimate of drug-likeness (QED) is 0.225. The number of anilines is 1. The van der Waals surface area contributed by atoms with Gasteiger partial charge in [-0.15, -0.1) is 11.3 Å². The van der Waals surface area contributed by atoms with Gasteiger partial charge in [0, 0.05) is 42.0 Å². The van der Waals surface area contributed by atoms with Gasteiger partial charge in [-0.3, -0.25) is 0 Å². The highest BCUT2D eigenvalue weighted by molar-refractivity contribution is 7.26. The first-order valence-corrected chi connectivity index (χ1v) is 15.5. The van der Waals surface area contributed by atoms with Crippen LogP contribution in [-0.4, -0.2) is 4.57 Å². The fourth-order valence-corrected chi connectivity index (χ4v) is 8.22. The van der Waals surface area contributed by atoms with Gasteiger partial charge >= 0.3 is 0 Å². The van der Waals surface area contributed by atoms with E-state index in [1.165, 1.54) is 53.2 Å². The summed E-state index contributed by atoms with van der Waals surface area (Å²) in [7, 11) is 0. The summed E-state index contributed by atoms with van der Waals surface area (Å²) >= 11 is 1.86. The summed E-state index contributed by atoms with van der Waals surface area (Å²) in [4.78, 5) is 0. The van der Waals surface area contributed by atoms with E-state index >= 15 is 0 Å². The number of nitrogens with one attached hydrogen (secondary N) is 1. The Bertz CT molecular complexity index is 2600. The molecule has 3 nitrogen and oxygen atoms in total. The van der Waals surface area contributed by atoms with E-state index in [0.29, 0.717) is 0 Å². The zero-order chi connectivity index (χ0) is 28.1. The predicted octanol–water partition coefficient (Wildman–Crippen LogP) is 11.4. The molecule has 0 saturated carbocycles. The molecule has 4 heterocycles. The molecule has 0 fully saturated rings. The van der Waals surface area contributed by atoms with Crippen molar-refractivity contribution < 1.29 is 4.42 Å². The maximum atomic E-state index is 6.68. The molecule has 0 saturated heterocycles. The minimum Gasteiger partial charge on any atom is -0.455 e. The number of rotatable bonds is 2. The van der Waals surface area contributed by atoms with Crippen LogP contribution in [0, 0.1) is 0 Å². The predicted molar refractivity (Wildman–Crippen MR) is 183 cm³/mol. The van der Waals surface area contributed by atoms with E-state index in [1.54, 1.807) is 0 Å². The minimum atomic E-state index is -0.0562. The summed E-state index contributed by atoms with van der Waals surface area (Å²) in [6.07, 6.45) is 4.49. The van der Waals surface area contributed by atoms with Gasteiger partial charge in [0.2, 0.25) is 0 Å². The zero-order valence-corrected chi connectivity index (χ0v) is 23.9. The van der Waals surface area contributed by atoms with Crippen LogP contribution < -0.4 is 5.32 Å². The van der Waals surface area contributed by atoms with Gasteiger partial charge in [-0.2, -0.15) is 0 Å². The van der Waals surface area contributed by atoms with Crippen molar-refractivity contribution in [2.45, 2.75) is 6.17 Å². The number of furan rings is 1. The van der Waals surface area contributed by atoms with Crippen molar-refractivity contribution in [2.75, 3.05) is 5.32 Å². The van der Waals surface area contributed by atoms with Crippen molar-refractivity contribution in [3.63, 3.8) is 0 Å². The lowest BCUT2D eigenvalue weighted by molar-refractivity contribution is 0.672. The van der Waals surface area contributed by atoms with Gasteiger partial charge in [0.05, 0.1) is 16.4 Å². The zero-order valence-electron chi connectivity index (χ0n) is 23.0. The molecule has 9 aromatic rings. The van der Waals surface area contributed by atoms with E-state index in [4.69, 9.17) is 4.42 Å². The van der Waals surface area contributed by atoms with Gasteiger partial charge in [0.1, 0.15) is 17.3 Å². The third kappa shape index (κ3) is 3.24. The van der Waals surface area contributed by atoms with Crippen LogP contribution in [0.3, 0.4) is 0 Å². The molecule has 6 aromatic carbocycles. The van der Waals surface area contributed by atoms with Gasteiger partial charge in [-0.05, 0) is 71.3 Å². The summed E-state index contributed by atoms with van der Waals surface area (Å²) in [5.74, 6) is 0. The van der Waals surface area contributed by atoms with E-state index in [2.05, 4.69) is 137 Å². The molecule has 0 bridgehead atoms. The van der Waals surface area contributed by atoms with Crippen molar-refractivity contribution in [3.8, 4) is 11.1 Å². The van der Waals surface area contributed by atoms with Crippen molar-refractivity contribution in [1.29, 1.82) is 0 Å². The van der Waals surface area contributed by atoms with Crippen molar-refractivity contribution in [2.24, 2.45) is 0 Å². The molecule has 1 atom stereocenters. The van der Waals surface area contributed by atoms with Crippen LogP contribution >= 0.6 is 11.3 Å². The molecular formula is C39H24N2OS. The molecule has 202 valence electrons.